The number of carbonyl (C=O) groups excluding carboxylic acids is 2. The fourth-order valence-corrected chi connectivity index (χ4v) is 1.49. The van der Waals surface area contributed by atoms with E-state index in [-0.39, 0.29) is 19.6 Å². The summed E-state index contributed by atoms with van der Waals surface area (Å²) in [6.45, 7) is 0.150. The normalized spacial score (nSPS) is 10.3. The fraction of sp³-hybridized carbons (Fsp3) is 0.300. The predicted molar refractivity (Wildman–Crippen MR) is 65.7 cm³/mol. The van der Waals surface area contributed by atoms with E-state index in [0.717, 1.165) is 0 Å². The van der Waals surface area contributed by atoms with E-state index in [1.54, 1.807) is 18.2 Å². The Bertz CT molecular complexity index is 420. The van der Waals surface area contributed by atoms with Crippen molar-refractivity contribution in [3.8, 4) is 0 Å². The van der Waals surface area contributed by atoms with Gasteiger partial charge in [-0.15, -0.1) is 0 Å². The van der Waals surface area contributed by atoms with Crippen molar-refractivity contribution in [2.24, 2.45) is 17.3 Å². The van der Waals surface area contributed by atoms with Gasteiger partial charge >= 0.3 is 0 Å². The number of nitrogens with two attached hydrogens (primary N) is 3. The molecule has 2 amide bonds. The first-order chi connectivity index (χ1) is 8.51. The first kappa shape index (κ1) is 13.9. The lowest BCUT2D eigenvalue weighted by molar-refractivity contribution is -0.122. The van der Waals surface area contributed by atoms with Gasteiger partial charge in [0, 0.05) is 6.54 Å². The number of hydrazine groups is 1. The molecule has 1 aromatic heterocycles. The number of hydrogen-bond acceptors (Lipinski definition) is 6. The van der Waals surface area contributed by atoms with E-state index in [2.05, 4.69) is 10.4 Å². The molecule has 0 aromatic carbocycles. The molecule has 0 fully saturated rings. The minimum absolute atomic E-state index is 0.0646. The van der Waals surface area contributed by atoms with Gasteiger partial charge in [-0.1, -0.05) is 6.07 Å². The smallest absolute Gasteiger partial charge is 0.231 e. The van der Waals surface area contributed by atoms with E-state index in [4.69, 9.17) is 17.3 Å². The molecule has 0 aliphatic heterocycles. The largest absolute Gasteiger partial charge is 0.369 e. The summed E-state index contributed by atoms with van der Waals surface area (Å²) in [6.07, 6.45) is 0. The highest BCUT2D eigenvalue weighted by atomic mass is 16.2. The number of pyridine rings is 1. The van der Waals surface area contributed by atoms with Crippen LogP contribution < -0.4 is 22.7 Å². The van der Waals surface area contributed by atoms with Crippen molar-refractivity contribution in [2.45, 2.75) is 6.54 Å². The van der Waals surface area contributed by atoms with E-state index < -0.39 is 11.8 Å². The van der Waals surface area contributed by atoms with E-state index in [9.17, 15) is 9.59 Å². The highest BCUT2D eigenvalue weighted by molar-refractivity contribution is 5.79. The van der Waals surface area contributed by atoms with Crippen LogP contribution in [0.3, 0.4) is 0 Å². The maximum absolute atomic E-state index is 10.9. The van der Waals surface area contributed by atoms with Crippen molar-refractivity contribution in [1.82, 2.24) is 9.88 Å². The van der Waals surface area contributed by atoms with E-state index in [1.165, 1.54) is 4.90 Å². The van der Waals surface area contributed by atoms with E-state index >= 15 is 0 Å². The lowest BCUT2D eigenvalue weighted by atomic mass is 10.3. The Morgan fingerprint density at radius 2 is 1.83 bits per heavy atom. The first-order valence-electron chi connectivity index (χ1n) is 5.22. The maximum Gasteiger partial charge on any atom is 0.231 e. The number of nitrogens with one attached hydrogen (secondary N) is 1. The van der Waals surface area contributed by atoms with E-state index in [1.807, 2.05) is 0 Å². The second kappa shape index (κ2) is 6.52. The molecule has 0 saturated carbocycles. The van der Waals surface area contributed by atoms with Gasteiger partial charge in [-0.3, -0.25) is 14.5 Å². The Morgan fingerprint density at radius 1 is 1.22 bits per heavy atom. The third-order valence-corrected chi connectivity index (χ3v) is 2.10. The molecular formula is C10H16N6O2. The molecule has 1 aromatic rings. The van der Waals surface area contributed by atoms with Crippen molar-refractivity contribution in [3.05, 3.63) is 23.9 Å². The zero-order valence-electron chi connectivity index (χ0n) is 9.80. The molecule has 1 rings (SSSR count). The van der Waals surface area contributed by atoms with Crippen LogP contribution in [-0.4, -0.2) is 34.8 Å². The van der Waals surface area contributed by atoms with Gasteiger partial charge in [0.1, 0.15) is 5.82 Å². The molecule has 0 spiro atoms. The summed E-state index contributed by atoms with van der Waals surface area (Å²) in [7, 11) is 0. The van der Waals surface area contributed by atoms with Crippen LogP contribution in [0.2, 0.25) is 0 Å². The third-order valence-electron chi connectivity index (χ3n) is 2.10. The van der Waals surface area contributed by atoms with Crippen molar-refractivity contribution in [3.63, 3.8) is 0 Å². The Kier molecular flexibility index (Phi) is 5.03. The number of carbonyl (C=O) groups is 2. The Labute approximate surface area is 104 Å². The van der Waals surface area contributed by atoms with Crippen LogP contribution in [-0.2, 0) is 16.1 Å². The Morgan fingerprint density at radius 3 is 2.33 bits per heavy atom. The quantitative estimate of drug-likeness (QED) is 0.331. The second-order valence-corrected chi connectivity index (χ2v) is 3.74. The average molecular weight is 252 g/mol. The molecule has 0 unspecified atom stereocenters. The molecule has 0 radical (unpaired) electrons. The molecule has 0 aliphatic carbocycles. The number of aromatic nitrogens is 1. The summed E-state index contributed by atoms with van der Waals surface area (Å²) >= 11 is 0. The first-order valence-corrected chi connectivity index (χ1v) is 5.22. The van der Waals surface area contributed by atoms with Gasteiger partial charge in [0.25, 0.3) is 0 Å². The maximum atomic E-state index is 10.9. The fourth-order valence-electron chi connectivity index (χ4n) is 1.49. The van der Waals surface area contributed by atoms with Crippen LogP contribution in [0.25, 0.3) is 0 Å². The monoisotopic (exact) mass is 252 g/mol. The van der Waals surface area contributed by atoms with Crippen LogP contribution in [0.4, 0.5) is 5.82 Å². The Hall–Kier alpha value is -2.19. The number of nitrogen functional groups attached to an aromatic ring is 1. The van der Waals surface area contributed by atoms with Crippen molar-refractivity contribution in [2.75, 3.05) is 18.5 Å². The number of hydrogen-bond donors (Lipinski definition) is 4. The highest BCUT2D eigenvalue weighted by Crippen LogP contribution is 2.06. The van der Waals surface area contributed by atoms with Gasteiger partial charge in [0.05, 0.1) is 18.8 Å². The minimum Gasteiger partial charge on any atom is -0.369 e. The van der Waals surface area contributed by atoms with E-state index in [0.29, 0.717) is 11.5 Å². The third kappa shape index (κ3) is 4.76. The standard InChI is InChI=1S/C10H16N6O2/c11-8(17)5-16(6-9(12)18)4-7-2-1-3-10(14-7)15-13/h1-3H,4-6,13H2,(H2,11,17)(H2,12,18)(H,14,15). The van der Waals surface area contributed by atoms with Gasteiger partial charge in [0.15, 0.2) is 0 Å². The Balaban J connectivity index is 2.74. The molecule has 8 heteroatoms. The summed E-state index contributed by atoms with van der Waals surface area (Å²) < 4.78 is 0. The zero-order valence-corrected chi connectivity index (χ0v) is 9.80. The summed E-state index contributed by atoms with van der Waals surface area (Å²) in [6, 6.07) is 5.19. The van der Waals surface area contributed by atoms with Crippen LogP contribution in [0.1, 0.15) is 5.69 Å². The molecule has 0 aliphatic rings. The highest BCUT2D eigenvalue weighted by Gasteiger charge is 2.12. The molecule has 0 bridgehead atoms. The van der Waals surface area contributed by atoms with Crippen LogP contribution in [0.15, 0.2) is 18.2 Å². The molecular weight excluding hydrogens is 236 g/mol. The van der Waals surface area contributed by atoms with Gasteiger partial charge in [-0.2, -0.15) is 0 Å². The van der Waals surface area contributed by atoms with Crippen molar-refractivity contribution >= 4 is 17.6 Å². The average Bonchev–Trinajstić information content (AvgIpc) is 2.27. The van der Waals surface area contributed by atoms with Crippen LogP contribution in [0.5, 0.6) is 0 Å². The summed E-state index contributed by atoms with van der Waals surface area (Å²) in [4.78, 5) is 27.4. The number of rotatable bonds is 7. The molecule has 0 atom stereocenters. The minimum atomic E-state index is -0.538. The molecule has 8 nitrogen and oxygen atoms in total. The van der Waals surface area contributed by atoms with Crippen LogP contribution >= 0.6 is 0 Å². The molecule has 0 saturated heterocycles. The second-order valence-electron chi connectivity index (χ2n) is 3.74. The van der Waals surface area contributed by atoms with Crippen LogP contribution in [0, 0.1) is 0 Å². The SMILES string of the molecule is NNc1cccc(CN(CC(N)=O)CC(N)=O)n1. The van der Waals surface area contributed by atoms with Gasteiger partial charge < -0.3 is 16.9 Å². The predicted octanol–water partition coefficient (Wildman–Crippen LogP) is -1.86. The topological polar surface area (TPSA) is 140 Å². The van der Waals surface area contributed by atoms with Crippen molar-refractivity contribution in [1.29, 1.82) is 0 Å². The molecule has 1 heterocycles. The van der Waals surface area contributed by atoms with Gasteiger partial charge in [-0.05, 0) is 12.1 Å². The number of primary amides is 2. The van der Waals surface area contributed by atoms with Gasteiger partial charge in [-0.25, -0.2) is 10.8 Å². The molecule has 18 heavy (non-hydrogen) atoms. The lowest BCUT2D eigenvalue weighted by Gasteiger charge is -2.18. The summed E-state index contributed by atoms with van der Waals surface area (Å²) in [5.74, 6) is 4.65. The molecule has 7 N–H and O–H groups in total. The number of nitrogens with zero attached hydrogens (tertiary/aromatic N) is 2. The summed E-state index contributed by atoms with van der Waals surface area (Å²) in [5.41, 5.74) is 13.2. The van der Waals surface area contributed by atoms with Gasteiger partial charge in [0.2, 0.25) is 11.8 Å². The number of amides is 2. The number of anilines is 1. The van der Waals surface area contributed by atoms with Crippen molar-refractivity contribution < 1.29 is 9.59 Å². The lowest BCUT2D eigenvalue weighted by Crippen LogP contribution is -2.39. The summed E-state index contributed by atoms with van der Waals surface area (Å²) in [5, 5.41) is 0. The zero-order chi connectivity index (χ0) is 13.5. The molecule has 98 valence electrons.